The number of hydrogen-bond donors (Lipinski definition) is 1. The number of rotatable bonds is 5. The molecule has 0 spiro atoms. The van der Waals surface area contributed by atoms with Crippen molar-refractivity contribution in [3.05, 3.63) is 39.3 Å². The minimum atomic E-state index is 0.902. The van der Waals surface area contributed by atoms with Gasteiger partial charge in [-0.05, 0) is 40.4 Å². The number of para-hydroxylation sites is 1. The van der Waals surface area contributed by atoms with E-state index in [0.29, 0.717) is 0 Å². The highest BCUT2D eigenvalue weighted by Gasteiger charge is 2.09. The monoisotopic (exact) mass is 326 g/mol. The Labute approximate surface area is 119 Å². The lowest BCUT2D eigenvalue weighted by Crippen LogP contribution is -1.96. The second kappa shape index (κ2) is 6.20. The van der Waals surface area contributed by atoms with Crippen molar-refractivity contribution in [1.29, 1.82) is 0 Å². The summed E-state index contributed by atoms with van der Waals surface area (Å²) in [4.78, 5) is 4.52. The summed E-state index contributed by atoms with van der Waals surface area (Å²) in [6.45, 7) is 0. The van der Waals surface area contributed by atoms with E-state index in [9.17, 15) is 0 Å². The first kappa shape index (κ1) is 13.4. The van der Waals surface area contributed by atoms with Crippen LogP contribution in [0.25, 0.3) is 0 Å². The normalized spacial score (nSPS) is 10.4. The lowest BCUT2D eigenvalue weighted by molar-refractivity contribution is 0.409. The Morgan fingerprint density at radius 1 is 1.33 bits per heavy atom. The molecule has 0 atom stereocenters. The maximum absolute atomic E-state index is 5.35. The number of nitrogens with zero attached hydrogens (tertiary/aromatic N) is 1. The van der Waals surface area contributed by atoms with Gasteiger partial charge in [0.1, 0.15) is 5.75 Å². The molecule has 1 heterocycles. The van der Waals surface area contributed by atoms with Gasteiger partial charge >= 0.3 is 0 Å². The average molecular weight is 327 g/mol. The number of halogens is 1. The molecule has 0 aliphatic carbocycles. The molecule has 2 rings (SSSR count). The third-order valence-electron chi connectivity index (χ3n) is 2.69. The molecule has 0 aliphatic heterocycles. The second-order valence-electron chi connectivity index (χ2n) is 3.80. The molecule has 5 heteroatoms. The number of hydrogen-bond acceptors (Lipinski definition) is 4. The minimum absolute atomic E-state index is 0.902. The molecule has 0 unspecified atom stereocenters. The number of thiazole rings is 1. The van der Waals surface area contributed by atoms with Gasteiger partial charge in [-0.2, -0.15) is 0 Å². The quantitative estimate of drug-likeness (QED) is 0.908. The van der Waals surface area contributed by atoms with E-state index in [4.69, 9.17) is 4.74 Å². The zero-order chi connectivity index (χ0) is 13.0. The third kappa shape index (κ3) is 3.03. The molecule has 0 amide bonds. The van der Waals surface area contributed by atoms with Crippen molar-refractivity contribution in [3.8, 4) is 5.75 Å². The Hall–Kier alpha value is -1.07. The number of methoxy groups -OCH3 is 1. The Balaban J connectivity index is 2.08. The summed E-state index contributed by atoms with van der Waals surface area (Å²) in [5.41, 5.74) is 2.31. The summed E-state index contributed by atoms with van der Waals surface area (Å²) in [5.74, 6) is 0.942. The van der Waals surface area contributed by atoms with Gasteiger partial charge in [0.15, 0.2) is 5.13 Å². The number of benzene rings is 1. The zero-order valence-electron chi connectivity index (χ0n) is 10.4. The highest BCUT2D eigenvalue weighted by Crippen LogP contribution is 2.29. The highest BCUT2D eigenvalue weighted by molar-refractivity contribution is 9.11. The van der Waals surface area contributed by atoms with E-state index in [0.717, 1.165) is 33.2 Å². The van der Waals surface area contributed by atoms with Gasteiger partial charge in [-0.25, -0.2) is 4.98 Å². The number of aromatic nitrogens is 1. The summed E-state index contributed by atoms with van der Waals surface area (Å²) in [5, 5.41) is 4.00. The van der Waals surface area contributed by atoms with Crippen LogP contribution in [0, 0.1) is 0 Å². The topological polar surface area (TPSA) is 34.2 Å². The molecule has 18 heavy (non-hydrogen) atoms. The number of ether oxygens (including phenoxy) is 1. The van der Waals surface area contributed by atoms with E-state index < -0.39 is 0 Å². The standard InChI is InChI=1S/C13H15BrN2OS/c1-15-13-16-10(12(14)18-13)8-7-9-5-3-4-6-11(9)17-2/h3-6H,7-8H2,1-2H3,(H,15,16). The molecule has 0 aliphatic rings. The molecular formula is C13H15BrN2OS. The van der Waals surface area contributed by atoms with Crippen molar-refractivity contribution in [2.24, 2.45) is 0 Å². The summed E-state index contributed by atoms with van der Waals surface area (Å²) < 4.78 is 6.45. The van der Waals surface area contributed by atoms with E-state index in [2.05, 4.69) is 32.3 Å². The predicted octanol–water partition coefficient (Wildman–Crippen LogP) is 3.74. The molecule has 0 saturated carbocycles. The summed E-state index contributed by atoms with van der Waals surface area (Å²) in [7, 11) is 3.59. The Morgan fingerprint density at radius 2 is 2.11 bits per heavy atom. The Kier molecular flexibility index (Phi) is 4.60. The van der Waals surface area contributed by atoms with Crippen LogP contribution < -0.4 is 10.1 Å². The van der Waals surface area contributed by atoms with Gasteiger partial charge in [0.2, 0.25) is 0 Å². The number of nitrogens with one attached hydrogen (secondary N) is 1. The van der Waals surface area contributed by atoms with Crippen LogP contribution in [0.3, 0.4) is 0 Å². The highest BCUT2D eigenvalue weighted by atomic mass is 79.9. The van der Waals surface area contributed by atoms with Crippen molar-refractivity contribution in [3.63, 3.8) is 0 Å². The molecule has 3 nitrogen and oxygen atoms in total. The average Bonchev–Trinajstić information content (AvgIpc) is 2.77. The van der Waals surface area contributed by atoms with Crippen LogP contribution in [0.4, 0.5) is 5.13 Å². The Morgan fingerprint density at radius 3 is 2.78 bits per heavy atom. The fraction of sp³-hybridized carbons (Fsp3) is 0.308. The van der Waals surface area contributed by atoms with Crippen molar-refractivity contribution >= 4 is 32.4 Å². The minimum Gasteiger partial charge on any atom is -0.496 e. The van der Waals surface area contributed by atoms with Crippen molar-refractivity contribution in [1.82, 2.24) is 4.98 Å². The molecule has 0 radical (unpaired) electrons. The van der Waals surface area contributed by atoms with E-state index >= 15 is 0 Å². The van der Waals surface area contributed by atoms with E-state index in [1.165, 1.54) is 5.56 Å². The molecule has 2 aromatic rings. The van der Waals surface area contributed by atoms with Gasteiger partial charge in [0, 0.05) is 7.05 Å². The first-order valence-electron chi connectivity index (χ1n) is 5.69. The van der Waals surface area contributed by atoms with Crippen molar-refractivity contribution in [2.45, 2.75) is 12.8 Å². The van der Waals surface area contributed by atoms with Gasteiger partial charge < -0.3 is 10.1 Å². The van der Waals surface area contributed by atoms with E-state index in [-0.39, 0.29) is 0 Å². The van der Waals surface area contributed by atoms with Crippen LogP contribution in [0.1, 0.15) is 11.3 Å². The summed E-state index contributed by atoms with van der Waals surface area (Å²) in [6.07, 6.45) is 1.83. The molecule has 0 bridgehead atoms. The van der Waals surface area contributed by atoms with Gasteiger partial charge in [-0.3, -0.25) is 0 Å². The molecule has 1 N–H and O–H groups in total. The summed E-state index contributed by atoms with van der Waals surface area (Å²) in [6, 6.07) is 8.11. The van der Waals surface area contributed by atoms with Crippen LogP contribution in [-0.4, -0.2) is 19.1 Å². The van der Waals surface area contributed by atoms with E-state index in [1.54, 1.807) is 18.4 Å². The maximum Gasteiger partial charge on any atom is 0.183 e. The molecule has 1 aromatic carbocycles. The summed E-state index contributed by atoms with van der Waals surface area (Å²) >= 11 is 5.17. The van der Waals surface area contributed by atoms with Gasteiger partial charge in [-0.1, -0.05) is 29.5 Å². The van der Waals surface area contributed by atoms with Crippen LogP contribution in [0.2, 0.25) is 0 Å². The third-order valence-corrected chi connectivity index (χ3v) is 4.53. The van der Waals surface area contributed by atoms with Crippen LogP contribution in [0.15, 0.2) is 28.1 Å². The molecule has 0 saturated heterocycles. The van der Waals surface area contributed by atoms with Gasteiger partial charge in [-0.15, -0.1) is 0 Å². The van der Waals surface area contributed by atoms with Gasteiger partial charge in [0.25, 0.3) is 0 Å². The first-order chi connectivity index (χ1) is 8.74. The van der Waals surface area contributed by atoms with Crippen LogP contribution in [0.5, 0.6) is 5.75 Å². The Bertz CT molecular complexity index is 527. The van der Waals surface area contributed by atoms with Crippen molar-refractivity contribution in [2.75, 3.05) is 19.5 Å². The number of aryl methyl sites for hydroxylation is 2. The maximum atomic E-state index is 5.35. The SMILES string of the molecule is CNc1nc(CCc2ccccc2OC)c(Br)s1. The van der Waals surface area contributed by atoms with Gasteiger partial charge in [0.05, 0.1) is 16.6 Å². The van der Waals surface area contributed by atoms with E-state index in [1.807, 2.05) is 25.2 Å². The zero-order valence-corrected chi connectivity index (χ0v) is 12.8. The molecular weight excluding hydrogens is 312 g/mol. The predicted molar refractivity (Wildman–Crippen MR) is 79.8 cm³/mol. The first-order valence-corrected chi connectivity index (χ1v) is 7.30. The lowest BCUT2D eigenvalue weighted by atomic mass is 10.1. The smallest absolute Gasteiger partial charge is 0.183 e. The fourth-order valence-electron chi connectivity index (χ4n) is 1.76. The largest absolute Gasteiger partial charge is 0.496 e. The van der Waals surface area contributed by atoms with Crippen LogP contribution >= 0.6 is 27.3 Å². The van der Waals surface area contributed by atoms with Crippen molar-refractivity contribution < 1.29 is 4.74 Å². The molecule has 1 aromatic heterocycles. The second-order valence-corrected chi connectivity index (χ2v) is 6.12. The van der Waals surface area contributed by atoms with Crippen LogP contribution in [-0.2, 0) is 12.8 Å². The lowest BCUT2D eigenvalue weighted by Gasteiger charge is -2.07. The fourth-order valence-corrected chi connectivity index (χ4v) is 3.20. The molecule has 96 valence electrons. The molecule has 0 fully saturated rings. The number of anilines is 1.